The zero-order valence-electron chi connectivity index (χ0n) is 16.7. The lowest BCUT2D eigenvalue weighted by molar-refractivity contribution is -0.241. The highest BCUT2D eigenvalue weighted by molar-refractivity contribution is 6.30. The number of carbonyl (C=O) groups excluding carboxylic acids is 4. The van der Waals surface area contributed by atoms with E-state index in [2.05, 4.69) is 15.3 Å². The third-order valence-electron chi connectivity index (χ3n) is 3.95. The minimum atomic E-state index is -1.58. The minimum Gasteiger partial charge on any atom is -0.455 e. The Morgan fingerprint density at radius 3 is 2.00 bits per heavy atom. The second-order valence-electron chi connectivity index (χ2n) is 6.37. The molecule has 31 heavy (non-hydrogen) atoms. The standard InChI is InChI=1S/C18H19ClN4O8/c1-8(24)28-13-14(29-9(2)25)16(30-10(3)26)18(22-23-20)31-15(13)17(27)21-12-6-4-11(19)5-7-12/h4-7,13-16,18H,1-3H3,(H,21,27)/t13-,14-,15-,16+,18-/m0/s1. The van der Waals surface area contributed by atoms with Gasteiger partial charge in [0.1, 0.15) is 0 Å². The van der Waals surface area contributed by atoms with E-state index in [-0.39, 0.29) is 0 Å². The first-order chi connectivity index (χ1) is 14.6. The van der Waals surface area contributed by atoms with E-state index in [1.165, 1.54) is 24.3 Å². The number of amides is 1. The average Bonchev–Trinajstić information content (AvgIpc) is 2.67. The highest BCUT2D eigenvalue weighted by Gasteiger charge is 2.54. The summed E-state index contributed by atoms with van der Waals surface area (Å²) >= 11 is 5.83. The molecule has 0 radical (unpaired) electrons. The molecule has 0 saturated carbocycles. The van der Waals surface area contributed by atoms with Gasteiger partial charge in [-0.2, -0.15) is 0 Å². The smallest absolute Gasteiger partial charge is 0.303 e. The van der Waals surface area contributed by atoms with Crippen molar-refractivity contribution in [1.82, 2.24) is 0 Å². The molecule has 0 unspecified atom stereocenters. The van der Waals surface area contributed by atoms with Crippen molar-refractivity contribution in [2.24, 2.45) is 5.11 Å². The highest BCUT2D eigenvalue weighted by Crippen LogP contribution is 2.30. The van der Waals surface area contributed by atoms with Crippen LogP contribution in [-0.2, 0) is 38.1 Å². The lowest BCUT2D eigenvalue weighted by atomic mass is 9.96. The third-order valence-corrected chi connectivity index (χ3v) is 4.21. The van der Waals surface area contributed by atoms with Crippen molar-refractivity contribution in [3.63, 3.8) is 0 Å². The van der Waals surface area contributed by atoms with Gasteiger partial charge < -0.3 is 24.3 Å². The molecule has 1 amide bonds. The summed E-state index contributed by atoms with van der Waals surface area (Å²) < 4.78 is 21.0. The number of esters is 3. The van der Waals surface area contributed by atoms with E-state index >= 15 is 0 Å². The van der Waals surface area contributed by atoms with Crippen LogP contribution in [0.5, 0.6) is 0 Å². The van der Waals surface area contributed by atoms with Crippen LogP contribution in [-0.4, -0.2) is 54.5 Å². The third kappa shape index (κ3) is 6.57. The van der Waals surface area contributed by atoms with E-state index in [9.17, 15) is 19.2 Å². The number of rotatable bonds is 6. The predicted molar refractivity (Wildman–Crippen MR) is 105 cm³/mol. The Bertz CT molecular complexity index is 902. The number of benzene rings is 1. The number of nitrogens with one attached hydrogen (secondary N) is 1. The molecule has 1 heterocycles. The van der Waals surface area contributed by atoms with E-state index in [4.69, 9.17) is 36.1 Å². The molecule has 1 aliphatic heterocycles. The zero-order chi connectivity index (χ0) is 23.1. The summed E-state index contributed by atoms with van der Waals surface area (Å²) in [7, 11) is 0. The quantitative estimate of drug-likeness (QED) is 0.224. The van der Waals surface area contributed by atoms with Gasteiger partial charge in [-0.1, -0.05) is 16.7 Å². The highest BCUT2D eigenvalue weighted by atomic mass is 35.5. The van der Waals surface area contributed by atoms with Crippen LogP contribution in [0.4, 0.5) is 5.69 Å². The van der Waals surface area contributed by atoms with Crippen LogP contribution in [0.25, 0.3) is 10.4 Å². The molecular formula is C18H19ClN4O8. The maximum atomic E-state index is 12.9. The Labute approximate surface area is 181 Å². The average molecular weight is 455 g/mol. The Kier molecular flexibility index (Phi) is 8.20. The van der Waals surface area contributed by atoms with Crippen molar-refractivity contribution in [2.75, 3.05) is 5.32 Å². The van der Waals surface area contributed by atoms with Gasteiger partial charge in [0.2, 0.25) is 0 Å². The molecular weight excluding hydrogens is 436 g/mol. The Hall–Kier alpha value is -3.34. The second kappa shape index (κ2) is 10.6. The molecule has 0 spiro atoms. The fourth-order valence-corrected chi connectivity index (χ4v) is 3.02. The summed E-state index contributed by atoms with van der Waals surface area (Å²) in [4.78, 5) is 50.5. The van der Waals surface area contributed by atoms with Crippen LogP contribution in [0, 0.1) is 0 Å². The second-order valence-corrected chi connectivity index (χ2v) is 6.81. The summed E-state index contributed by atoms with van der Waals surface area (Å²) in [6, 6.07) is 6.09. The maximum Gasteiger partial charge on any atom is 0.303 e. The van der Waals surface area contributed by atoms with Gasteiger partial charge in [-0.15, -0.1) is 0 Å². The van der Waals surface area contributed by atoms with E-state index in [0.717, 1.165) is 20.8 Å². The van der Waals surface area contributed by atoms with Crippen LogP contribution >= 0.6 is 11.6 Å². The first-order valence-electron chi connectivity index (χ1n) is 8.90. The van der Waals surface area contributed by atoms with Crippen molar-refractivity contribution in [2.45, 2.75) is 51.4 Å². The maximum absolute atomic E-state index is 12.9. The molecule has 1 fully saturated rings. The summed E-state index contributed by atoms with van der Waals surface area (Å²) in [6.07, 6.45) is -7.60. The van der Waals surface area contributed by atoms with Crippen LogP contribution < -0.4 is 5.32 Å². The van der Waals surface area contributed by atoms with E-state index in [0.29, 0.717) is 10.7 Å². The first kappa shape index (κ1) is 23.9. The molecule has 1 N–H and O–H groups in total. The van der Waals surface area contributed by atoms with Gasteiger partial charge in [-0.05, 0) is 29.8 Å². The number of halogens is 1. The normalized spacial score (nSPS) is 24.8. The van der Waals surface area contributed by atoms with Gasteiger partial charge >= 0.3 is 17.9 Å². The van der Waals surface area contributed by atoms with Gasteiger partial charge in [0.15, 0.2) is 30.6 Å². The number of carbonyl (C=O) groups is 4. The molecule has 1 aromatic carbocycles. The summed E-state index contributed by atoms with van der Waals surface area (Å²) in [6.45, 7) is 3.20. The number of azide groups is 1. The molecule has 5 atom stereocenters. The van der Waals surface area contributed by atoms with Crippen molar-refractivity contribution in [3.8, 4) is 0 Å². The SMILES string of the molecule is CC(=O)O[C@@H]1[C@@H](OC(C)=O)[C@@H](N=[N+]=[N-])O[C@H](C(=O)Nc2ccc(Cl)cc2)[C@H]1OC(C)=O. The molecule has 0 bridgehead atoms. The van der Waals surface area contributed by atoms with Gasteiger partial charge in [0, 0.05) is 36.4 Å². The predicted octanol–water partition coefficient (Wildman–Crippen LogP) is 2.11. The molecule has 2 rings (SSSR count). The molecule has 1 saturated heterocycles. The molecule has 12 nitrogen and oxygen atoms in total. The number of hydrogen-bond acceptors (Lipinski definition) is 9. The Balaban J connectivity index is 2.45. The summed E-state index contributed by atoms with van der Waals surface area (Å²) in [5.74, 6) is -3.25. The van der Waals surface area contributed by atoms with Gasteiger partial charge in [0.05, 0.1) is 0 Å². The molecule has 0 aliphatic carbocycles. The molecule has 1 aromatic rings. The molecule has 13 heteroatoms. The Morgan fingerprint density at radius 1 is 0.968 bits per heavy atom. The van der Waals surface area contributed by atoms with Crippen LogP contribution in [0.15, 0.2) is 29.4 Å². The van der Waals surface area contributed by atoms with E-state index < -0.39 is 54.5 Å². The number of ether oxygens (including phenoxy) is 4. The Morgan fingerprint density at radius 2 is 1.48 bits per heavy atom. The lowest BCUT2D eigenvalue weighted by Crippen LogP contribution is -2.63. The van der Waals surface area contributed by atoms with Crippen LogP contribution in [0.1, 0.15) is 20.8 Å². The number of hydrogen-bond donors (Lipinski definition) is 1. The van der Waals surface area contributed by atoms with Crippen molar-refractivity contribution < 1.29 is 38.1 Å². The van der Waals surface area contributed by atoms with E-state index in [1.807, 2.05) is 0 Å². The van der Waals surface area contributed by atoms with Crippen molar-refractivity contribution in [3.05, 3.63) is 39.7 Å². The zero-order valence-corrected chi connectivity index (χ0v) is 17.4. The molecule has 1 aliphatic rings. The molecule has 166 valence electrons. The fourth-order valence-electron chi connectivity index (χ4n) is 2.89. The van der Waals surface area contributed by atoms with Crippen LogP contribution in [0.3, 0.4) is 0 Å². The molecule has 0 aromatic heterocycles. The first-order valence-corrected chi connectivity index (χ1v) is 9.28. The summed E-state index contributed by atoms with van der Waals surface area (Å²) in [5.41, 5.74) is 9.21. The lowest BCUT2D eigenvalue weighted by Gasteiger charge is -2.42. The van der Waals surface area contributed by atoms with Crippen LogP contribution in [0.2, 0.25) is 5.02 Å². The van der Waals surface area contributed by atoms with Crippen molar-refractivity contribution >= 4 is 41.1 Å². The monoisotopic (exact) mass is 454 g/mol. The fraction of sp³-hybridized carbons (Fsp3) is 0.444. The largest absolute Gasteiger partial charge is 0.455 e. The van der Waals surface area contributed by atoms with Crippen molar-refractivity contribution in [1.29, 1.82) is 0 Å². The van der Waals surface area contributed by atoms with Gasteiger partial charge in [0.25, 0.3) is 5.91 Å². The van der Waals surface area contributed by atoms with E-state index in [1.54, 1.807) is 0 Å². The topological polar surface area (TPSA) is 166 Å². The minimum absolute atomic E-state index is 0.339. The summed E-state index contributed by atoms with van der Waals surface area (Å²) in [5, 5.41) is 6.37. The van der Waals surface area contributed by atoms with Gasteiger partial charge in [-0.25, -0.2) is 0 Å². The van der Waals surface area contributed by atoms with Gasteiger partial charge in [-0.3, -0.25) is 19.2 Å². The number of nitrogens with zero attached hydrogens (tertiary/aromatic N) is 3. The number of anilines is 1.